The molecule has 0 amide bonds. The molecule has 1 saturated heterocycles. The summed E-state index contributed by atoms with van der Waals surface area (Å²) in [5.74, 6) is 1.14. The lowest BCUT2D eigenvalue weighted by atomic mass is 9.71. The quantitative estimate of drug-likeness (QED) is 0.590. The molecular weight excluding hydrogens is 386 g/mol. The summed E-state index contributed by atoms with van der Waals surface area (Å²) < 4.78 is 12.1. The molecule has 0 spiro atoms. The predicted octanol–water partition coefficient (Wildman–Crippen LogP) is 2.32. The highest BCUT2D eigenvalue weighted by Crippen LogP contribution is 2.41. The Morgan fingerprint density at radius 1 is 1.17 bits per heavy atom. The van der Waals surface area contributed by atoms with Crippen LogP contribution in [-0.2, 0) is 9.47 Å². The molecule has 7 heteroatoms. The van der Waals surface area contributed by atoms with Gasteiger partial charge in [0.05, 0.1) is 25.7 Å². The normalized spacial score (nSPS) is 44.4. The van der Waals surface area contributed by atoms with Gasteiger partial charge in [-0.1, -0.05) is 0 Å². The average Bonchev–Trinajstić information content (AvgIpc) is 2.76. The first-order chi connectivity index (χ1) is 14.2. The van der Waals surface area contributed by atoms with Gasteiger partial charge < -0.3 is 19.9 Å². The van der Waals surface area contributed by atoms with Crippen molar-refractivity contribution in [3.05, 3.63) is 0 Å². The van der Waals surface area contributed by atoms with E-state index in [2.05, 4.69) is 17.1 Å². The second-order valence-corrected chi connectivity index (χ2v) is 10.2. The number of hydrogen-bond acceptors (Lipinski definition) is 7. The van der Waals surface area contributed by atoms with Crippen LogP contribution in [0.25, 0.3) is 0 Å². The predicted molar refractivity (Wildman–Crippen MR) is 119 cm³/mol. The van der Waals surface area contributed by atoms with Gasteiger partial charge in [0.25, 0.3) is 0 Å². The summed E-state index contributed by atoms with van der Waals surface area (Å²) in [4.78, 5) is 7.35. The fraction of sp³-hybridized carbons (Fsp3) is 0.955. The van der Waals surface area contributed by atoms with Crippen molar-refractivity contribution >= 4 is 19.0 Å². The van der Waals surface area contributed by atoms with Crippen LogP contribution in [0.15, 0.2) is 4.99 Å². The summed E-state index contributed by atoms with van der Waals surface area (Å²) in [6.45, 7) is 6.43. The van der Waals surface area contributed by atoms with Crippen molar-refractivity contribution < 1.29 is 14.6 Å². The van der Waals surface area contributed by atoms with Crippen molar-refractivity contribution in [3.8, 4) is 0 Å². The number of aliphatic hydroxyl groups is 1. The number of rotatable bonds is 5. The van der Waals surface area contributed by atoms with Crippen molar-refractivity contribution in [2.45, 2.75) is 81.5 Å². The fourth-order valence-corrected chi connectivity index (χ4v) is 6.42. The second kappa shape index (κ2) is 10.3. The summed E-state index contributed by atoms with van der Waals surface area (Å²) in [5, 5.41) is 13.5. The lowest BCUT2D eigenvalue weighted by Crippen LogP contribution is -2.52. The number of thiol groups is 1. The summed E-state index contributed by atoms with van der Waals surface area (Å²) in [6, 6.07) is 1.01. The van der Waals surface area contributed by atoms with Crippen LogP contribution in [0.5, 0.6) is 0 Å². The van der Waals surface area contributed by atoms with Crippen LogP contribution in [0.4, 0.5) is 0 Å². The molecule has 4 aliphatic rings. The molecule has 4 rings (SSSR count). The highest BCUT2D eigenvalue weighted by Gasteiger charge is 2.43. The molecule has 4 unspecified atom stereocenters. The molecule has 2 saturated carbocycles. The van der Waals surface area contributed by atoms with Gasteiger partial charge in [-0.2, -0.15) is 12.6 Å². The molecule has 29 heavy (non-hydrogen) atoms. The Morgan fingerprint density at radius 3 is 2.66 bits per heavy atom. The first-order valence-electron chi connectivity index (χ1n) is 11.7. The SMILES string of the molecule is CC1NC=NC(O[C@H]2CC[C@H](N3CCOCC3)CC2)C1[C@@H]1C[C@H](CO)CCC1S. The lowest BCUT2D eigenvalue weighted by Gasteiger charge is -2.45. The maximum absolute atomic E-state index is 9.71. The van der Waals surface area contributed by atoms with Gasteiger partial charge in [-0.15, -0.1) is 0 Å². The van der Waals surface area contributed by atoms with Gasteiger partial charge in [0.2, 0.25) is 0 Å². The second-order valence-electron chi connectivity index (χ2n) is 9.51. The minimum atomic E-state index is -0.0896. The molecule has 2 heterocycles. The van der Waals surface area contributed by atoms with Crippen molar-refractivity contribution in [3.63, 3.8) is 0 Å². The highest BCUT2D eigenvalue weighted by atomic mass is 32.1. The number of nitrogens with one attached hydrogen (secondary N) is 1. The van der Waals surface area contributed by atoms with Gasteiger partial charge >= 0.3 is 0 Å². The molecule has 2 aliphatic carbocycles. The van der Waals surface area contributed by atoms with E-state index in [4.69, 9.17) is 27.1 Å². The van der Waals surface area contributed by atoms with Gasteiger partial charge in [-0.25, -0.2) is 4.99 Å². The topological polar surface area (TPSA) is 66.3 Å². The van der Waals surface area contributed by atoms with Crippen LogP contribution in [0.3, 0.4) is 0 Å². The third kappa shape index (κ3) is 5.29. The summed E-state index contributed by atoms with van der Waals surface area (Å²) >= 11 is 4.93. The third-order valence-corrected chi connectivity index (χ3v) is 8.37. The van der Waals surface area contributed by atoms with E-state index in [0.29, 0.717) is 41.2 Å². The minimum absolute atomic E-state index is 0.0896. The van der Waals surface area contributed by atoms with E-state index in [-0.39, 0.29) is 12.8 Å². The van der Waals surface area contributed by atoms with Crippen molar-refractivity contribution in [2.24, 2.45) is 22.7 Å². The lowest BCUT2D eigenvalue weighted by molar-refractivity contribution is -0.0893. The Bertz CT molecular complexity index is 537. The molecule has 0 aromatic heterocycles. The zero-order chi connectivity index (χ0) is 20.2. The average molecular weight is 426 g/mol. The summed E-state index contributed by atoms with van der Waals surface area (Å²) in [6.07, 6.45) is 9.90. The summed E-state index contributed by atoms with van der Waals surface area (Å²) in [5.41, 5.74) is 0. The van der Waals surface area contributed by atoms with Crippen LogP contribution in [0.1, 0.15) is 51.9 Å². The first-order valence-corrected chi connectivity index (χ1v) is 12.2. The van der Waals surface area contributed by atoms with Gasteiger partial charge in [0.15, 0.2) is 6.23 Å². The molecule has 6 nitrogen and oxygen atoms in total. The van der Waals surface area contributed by atoms with Gasteiger partial charge in [0, 0.05) is 42.9 Å². The zero-order valence-electron chi connectivity index (χ0n) is 17.8. The standard InChI is InChI=1S/C22H39N3O3S/c1-15-21(19-12-16(13-26)2-7-20(19)29)22(24-14-23-15)28-18-5-3-17(4-6-18)25-8-10-27-11-9-25/h14-22,26,29H,2-13H2,1H3,(H,23,24)/t15?,16-,17-,18-,19-,20?,21?,22?/m1/s1. The Balaban J connectivity index is 1.35. The minimum Gasteiger partial charge on any atom is -0.396 e. The number of ether oxygens (including phenoxy) is 2. The van der Waals surface area contributed by atoms with Crippen LogP contribution in [-0.4, -0.2) is 78.9 Å². The molecule has 0 aromatic rings. The van der Waals surface area contributed by atoms with Crippen molar-refractivity contribution in [2.75, 3.05) is 32.9 Å². The van der Waals surface area contributed by atoms with Gasteiger partial charge in [-0.3, -0.25) is 4.90 Å². The Labute approximate surface area is 181 Å². The van der Waals surface area contributed by atoms with Gasteiger partial charge in [0.1, 0.15) is 0 Å². The maximum atomic E-state index is 9.71. The largest absolute Gasteiger partial charge is 0.396 e. The Hall–Kier alpha value is -0.340. The monoisotopic (exact) mass is 425 g/mol. The summed E-state index contributed by atoms with van der Waals surface area (Å²) in [7, 11) is 0. The Morgan fingerprint density at radius 2 is 1.93 bits per heavy atom. The Kier molecular flexibility index (Phi) is 7.78. The zero-order valence-corrected chi connectivity index (χ0v) is 18.7. The van der Waals surface area contributed by atoms with E-state index in [1.165, 1.54) is 12.8 Å². The third-order valence-electron chi connectivity index (χ3n) is 7.73. The van der Waals surface area contributed by atoms with E-state index in [1.807, 2.05) is 6.34 Å². The molecule has 2 aliphatic heterocycles. The highest BCUT2D eigenvalue weighted by molar-refractivity contribution is 7.81. The molecule has 166 valence electrons. The molecule has 0 bridgehead atoms. The van der Waals surface area contributed by atoms with Crippen LogP contribution >= 0.6 is 12.6 Å². The maximum Gasteiger partial charge on any atom is 0.155 e. The molecule has 0 aromatic carbocycles. The van der Waals surface area contributed by atoms with Crippen molar-refractivity contribution in [1.82, 2.24) is 10.2 Å². The number of hydrogen-bond donors (Lipinski definition) is 3. The van der Waals surface area contributed by atoms with Crippen LogP contribution < -0.4 is 5.32 Å². The van der Waals surface area contributed by atoms with Crippen molar-refractivity contribution in [1.29, 1.82) is 0 Å². The van der Waals surface area contributed by atoms with E-state index in [9.17, 15) is 5.11 Å². The molecule has 6 atom stereocenters. The van der Waals surface area contributed by atoms with E-state index in [1.54, 1.807) is 0 Å². The van der Waals surface area contributed by atoms with Crippen LogP contribution in [0.2, 0.25) is 0 Å². The van der Waals surface area contributed by atoms with Gasteiger partial charge in [-0.05, 0) is 63.7 Å². The first kappa shape index (κ1) is 21.9. The van der Waals surface area contributed by atoms with Crippen LogP contribution in [0, 0.1) is 17.8 Å². The van der Waals surface area contributed by atoms with E-state index >= 15 is 0 Å². The fourth-order valence-electron chi connectivity index (χ4n) is 5.95. The number of morpholine rings is 1. The molecule has 0 radical (unpaired) electrons. The molecular formula is C22H39N3O3S. The van der Waals surface area contributed by atoms with E-state index < -0.39 is 0 Å². The molecule has 3 fully saturated rings. The number of aliphatic imine (C=N–C) groups is 1. The number of nitrogens with zero attached hydrogens (tertiary/aromatic N) is 2. The molecule has 2 N–H and O–H groups in total. The smallest absolute Gasteiger partial charge is 0.155 e. The van der Waals surface area contributed by atoms with E-state index in [0.717, 1.165) is 58.4 Å². The number of aliphatic hydroxyl groups excluding tert-OH is 1.